The molecule has 0 fully saturated rings. The predicted molar refractivity (Wildman–Crippen MR) is 70.8 cm³/mol. The summed E-state index contributed by atoms with van der Waals surface area (Å²) >= 11 is 3.40. The van der Waals surface area contributed by atoms with E-state index < -0.39 is 10.0 Å². The van der Waals surface area contributed by atoms with E-state index in [2.05, 4.69) is 30.6 Å². The zero-order valence-corrected chi connectivity index (χ0v) is 12.6. The minimum Gasteiger partial charge on any atom is -0.332 e. The van der Waals surface area contributed by atoms with Crippen molar-refractivity contribution in [3.63, 3.8) is 0 Å². The van der Waals surface area contributed by atoms with Crippen molar-refractivity contribution in [2.45, 2.75) is 49.5 Å². The van der Waals surface area contributed by atoms with Crippen molar-refractivity contribution < 1.29 is 8.42 Å². The highest BCUT2D eigenvalue weighted by Gasteiger charge is 2.20. The third-order valence-corrected chi connectivity index (χ3v) is 4.14. The zero-order valence-electron chi connectivity index (χ0n) is 10.2. The number of imidazole rings is 1. The number of rotatable bonds is 6. The van der Waals surface area contributed by atoms with E-state index in [0.29, 0.717) is 12.2 Å². The Hall–Kier alpha value is -0.400. The summed E-state index contributed by atoms with van der Waals surface area (Å²) in [5.41, 5.74) is 0. The zero-order chi connectivity index (χ0) is 13.1. The first kappa shape index (κ1) is 14.7. The Morgan fingerprint density at radius 3 is 2.65 bits per heavy atom. The van der Waals surface area contributed by atoms with E-state index in [0.717, 1.165) is 6.42 Å². The molecule has 0 bridgehead atoms. The maximum atomic E-state index is 12.0. The van der Waals surface area contributed by atoms with Gasteiger partial charge in [0.15, 0.2) is 5.03 Å². The third kappa shape index (κ3) is 4.40. The van der Waals surface area contributed by atoms with Crippen LogP contribution in [0.2, 0.25) is 0 Å². The van der Waals surface area contributed by atoms with Crippen molar-refractivity contribution >= 4 is 26.0 Å². The van der Waals surface area contributed by atoms with Crippen molar-refractivity contribution in [1.29, 1.82) is 0 Å². The minimum atomic E-state index is -3.48. The number of aryl methyl sites for hydroxylation is 1. The van der Waals surface area contributed by atoms with Crippen LogP contribution in [0.1, 0.15) is 33.0 Å². The summed E-state index contributed by atoms with van der Waals surface area (Å²) < 4.78 is 26.5. The largest absolute Gasteiger partial charge is 0.332 e. The average molecular weight is 324 g/mol. The highest BCUT2D eigenvalue weighted by Crippen LogP contribution is 2.11. The van der Waals surface area contributed by atoms with E-state index >= 15 is 0 Å². The molecule has 2 atom stereocenters. The first-order valence-corrected chi connectivity index (χ1v) is 7.95. The summed E-state index contributed by atoms with van der Waals surface area (Å²) in [6.45, 7) is 5.74. The van der Waals surface area contributed by atoms with Gasteiger partial charge in [-0.25, -0.2) is 18.1 Å². The number of alkyl halides is 1. The first-order chi connectivity index (χ1) is 7.85. The summed E-state index contributed by atoms with van der Waals surface area (Å²) in [4.78, 5) is 7.05. The molecular formula is C10H18BrN3O2S. The van der Waals surface area contributed by atoms with Crippen LogP contribution in [-0.4, -0.2) is 29.3 Å². The molecule has 17 heavy (non-hydrogen) atoms. The van der Waals surface area contributed by atoms with Gasteiger partial charge in [0.05, 0.1) is 6.20 Å². The van der Waals surface area contributed by atoms with Gasteiger partial charge >= 0.3 is 0 Å². The molecule has 1 heterocycles. The van der Waals surface area contributed by atoms with Gasteiger partial charge in [-0.1, -0.05) is 29.8 Å². The lowest BCUT2D eigenvalue weighted by molar-refractivity contribution is 0.545. The van der Waals surface area contributed by atoms with Gasteiger partial charge in [-0.2, -0.15) is 0 Å². The maximum absolute atomic E-state index is 12.0. The molecule has 2 unspecified atom stereocenters. The first-order valence-electron chi connectivity index (χ1n) is 5.55. The highest BCUT2D eigenvalue weighted by molar-refractivity contribution is 9.09. The number of sulfonamides is 1. The molecule has 2 N–H and O–H groups in total. The molecule has 0 aliphatic rings. The number of aromatic nitrogens is 2. The van der Waals surface area contributed by atoms with Crippen LogP contribution in [0, 0.1) is 0 Å². The number of hydrogen-bond donors (Lipinski definition) is 2. The molecular weight excluding hydrogens is 306 g/mol. The van der Waals surface area contributed by atoms with E-state index in [1.54, 1.807) is 0 Å². The molecule has 0 aliphatic heterocycles. The number of hydrogen-bond acceptors (Lipinski definition) is 3. The Balaban J connectivity index is 2.74. The van der Waals surface area contributed by atoms with Crippen molar-refractivity contribution in [2.75, 3.05) is 0 Å². The van der Waals surface area contributed by atoms with Crippen LogP contribution in [0.15, 0.2) is 11.2 Å². The standard InChI is InChI=1S/C10H18BrN3O2S/c1-4-9-12-6-10(13-9)17(15,16)14-8(3)5-7(2)11/h6-8,14H,4-5H2,1-3H3,(H,12,13). The summed E-state index contributed by atoms with van der Waals surface area (Å²) in [5, 5.41) is 0.128. The molecule has 98 valence electrons. The number of nitrogens with zero attached hydrogens (tertiary/aromatic N) is 1. The summed E-state index contributed by atoms with van der Waals surface area (Å²) in [6.07, 6.45) is 2.77. The van der Waals surface area contributed by atoms with Crippen molar-refractivity contribution in [1.82, 2.24) is 14.7 Å². The fraction of sp³-hybridized carbons (Fsp3) is 0.700. The highest BCUT2D eigenvalue weighted by atomic mass is 79.9. The van der Waals surface area contributed by atoms with Gasteiger partial charge in [0.25, 0.3) is 10.0 Å². The second-order valence-corrected chi connectivity index (χ2v) is 7.33. The van der Waals surface area contributed by atoms with Crippen LogP contribution < -0.4 is 4.72 Å². The van der Waals surface area contributed by atoms with E-state index in [9.17, 15) is 8.42 Å². The molecule has 1 rings (SSSR count). The molecule has 0 radical (unpaired) electrons. The molecule has 7 heteroatoms. The molecule has 0 saturated carbocycles. The van der Waals surface area contributed by atoms with Crippen molar-refractivity contribution in [3.05, 3.63) is 12.0 Å². The Bertz CT molecular complexity index is 456. The fourth-order valence-electron chi connectivity index (χ4n) is 1.52. The Morgan fingerprint density at radius 1 is 1.53 bits per heavy atom. The van der Waals surface area contributed by atoms with Gasteiger partial charge in [-0.15, -0.1) is 0 Å². The maximum Gasteiger partial charge on any atom is 0.257 e. The molecule has 0 saturated heterocycles. The topological polar surface area (TPSA) is 74.8 Å². The van der Waals surface area contributed by atoms with Gasteiger partial charge in [0.2, 0.25) is 0 Å². The molecule has 0 aromatic carbocycles. The number of aromatic amines is 1. The van der Waals surface area contributed by atoms with Gasteiger partial charge in [-0.05, 0) is 13.3 Å². The SMILES string of the molecule is CCc1ncc(S(=O)(=O)NC(C)CC(C)Br)[nH]1. The van der Waals surface area contributed by atoms with Crippen LogP contribution in [-0.2, 0) is 16.4 Å². The molecule has 0 amide bonds. The van der Waals surface area contributed by atoms with E-state index in [-0.39, 0.29) is 15.9 Å². The van der Waals surface area contributed by atoms with Crippen LogP contribution in [0.3, 0.4) is 0 Å². The number of halogens is 1. The Kier molecular flexibility index (Phi) is 5.15. The van der Waals surface area contributed by atoms with Gasteiger partial charge in [-0.3, -0.25) is 0 Å². The summed E-state index contributed by atoms with van der Waals surface area (Å²) in [5.74, 6) is 0.673. The monoisotopic (exact) mass is 323 g/mol. The molecule has 1 aromatic rings. The van der Waals surface area contributed by atoms with Crippen LogP contribution in [0.5, 0.6) is 0 Å². The van der Waals surface area contributed by atoms with Crippen LogP contribution in [0.4, 0.5) is 0 Å². The van der Waals surface area contributed by atoms with Gasteiger partial charge in [0, 0.05) is 17.3 Å². The smallest absolute Gasteiger partial charge is 0.257 e. The lowest BCUT2D eigenvalue weighted by Crippen LogP contribution is -2.34. The van der Waals surface area contributed by atoms with E-state index in [1.165, 1.54) is 6.20 Å². The van der Waals surface area contributed by atoms with E-state index in [1.807, 2.05) is 20.8 Å². The number of H-pyrrole nitrogens is 1. The fourth-order valence-corrected chi connectivity index (χ4v) is 3.28. The predicted octanol–water partition coefficient (Wildman–Crippen LogP) is 1.81. The average Bonchev–Trinajstić information content (AvgIpc) is 2.63. The number of nitrogens with one attached hydrogen (secondary N) is 2. The Morgan fingerprint density at radius 2 is 2.18 bits per heavy atom. The second-order valence-electron chi connectivity index (χ2n) is 4.09. The van der Waals surface area contributed by atoms with Crippen LogP contribution >= 0.6 is 15.9 Å². The van der Waals surface area contributed by atoms with Gasteiger partial charge < -0.3 is 4.98 Å². The molecule has 0 spiro atoms. The van der Waals surface area contributed by atoms with E-state index in [4.69, 9.17) is 0 Å². The second kappa shape index (κ2) is 5.97. The quantitative estimate of drug-likeness (QED) is 0.784. The summed E-state index contributed by atoms with van der Waals surface area (Å²) in [6, 6.07) is -0.122. The van der Waals surface area contributed by atoms with Crippen molar-refractivity contribution in [3.8, 4) is 0 Å². The lowest BCUT2D eigenvalue weighted by atomic mass is 10.2. The molecule has 1 aromatic heterocycles. The third-order valence-electron chi connectivity index (χ3n) is 2.26. The van der Waals surface area contributed by atoms with Crippen molar-refractivity contribution in [2.24, 2.45) is 0 Å². The minimum absolute atomic E-state index is 0.122. The Labute approximate surface area is 111 Å². The van der Waals surface area contributed by atoms with Gasteiger partial charge in [0.1, 0.15) is 5.82 Å². The summed E-state index contributed by atoms with van der Waals surface area (Å²) in [7, 11) is -3.48. The molecule has 5 nitrogen and oxygen atoms in total. The normalized spacial score (nSPS) is 15.8. The molecule has 0 aliphatic carbocycles. The lowest BCUT2D eigenvalue weighted by Gasteiger charge is -2.14. The van der Waals surface area contributed by atoms with Crippen LogP contribution in [0.25, 0.3) is 0 Å².